The molecule has 5 heteroatoms. The molecule has 2 unspecified atom stereocenters. The number of hydrogen-bond donors (Lipinski definition) is 2. The number of aliphatic hydroxyl groups is 1. The number of carbonyl (C=O) groups is 1. The molecule has 0 radical (unpaired) electrons. The third-order valence-electron chi connectivity index (χ3n) is 3.64. The van der Waals surface area contributed by atoms with Crippen molar-refractivity contribution in [2.24, 2.45) is 11.7 Å². The van der Waals surface area contributed by atoms with Gasteiger partial charge in [-0.1, -0.05) is 12.8 Å². The maximum atomic E-state index is 12.0. The molecule has 0 aromatic rings. The molecule has 0 bridgehead atoms. The van der Waals surface area contributed by atoms with Crippen LogP contribution >= 0.6 is 0 Å². The van der Waals surface area contributed by atoms with Crippen LogP contribution in [0.2, 0.25) is 0 Å². The van der Waals surface area contributed by atoms with Crippen molar-refractivity contribution in [3.63, 3.8) is 0 Å². The molecule has 5 nitrogen and oxygen atoms in total. The van der Waals surface area contributed by atoms with E-state index in [4.69, 9.17) is 15.6 Å². The molecule has 18 heavy (non-hydrogen) atoms. The first-order chi connectivity index (χ1) is 8.65. The van der Waals surface area contributed by atoms with Gasteiger partial charge in [0.25, 0.3) is 0 Å². The molecular weight excluding hydrogens is 232 g/mol. The van der Waals surface area contributed by atoms with E-state index >= 15 is 0 Å². The molecule has 1 saturated carbocycles. The van der Waals surface area contributed by atoms with Crippen LogP contribution in [-0.4, -0.2) is 55.4 Å². The summed E-state index contributed by atoms with van der Waals surface area (Å²) in [6.45, 7) is 1.39. The Morgan fingerprint density at radius 1 is 1.39 bits per heavy atom. The fourth-order valence-electron chi connectivity index (χ4n) is 2.36. The van der Waals surface area contributed by atoms with Crippen molar-refractivity contribution in [1.29, 1.82) is 0 Å². The maximum absolute atomic E-state index is 12.0. The lowest BCUT2D eigenvalue weighted by Gasteiger charge is -2.29. The molecule has 1 fully saturated rings. The van der Waals surface area contributed by atoms with Crippen LogP contribution in [0.1, 0.15) is 32.1 Å². The number of likely N-dealkylation sites (N-methyl/N-ethyl adjacent to an activating group) is 1. The topological polar surface area (TPSA) is 75.8 Å². The molecule has 1 rings (SSSR count). The van der Waals surface area contributed by atoms with Gasteiger partial charge in [-0.15, -0.1) is 0 Å². The van der Waals surface area contributed by atoms with Crippen LogP contribution in [0.25, 0.3) is 0 Å². The second-order valence-electron chi connectivity index (χ2n) is 5.06. The summed E-state index contributed by atoms with van der Waals surface area (Å²) in [5, 5.41) is 8.57. The largest absolute Gasteiger partial charge is 0.394 e. The first kappa shape index (κ1) is 15.4. The standard InChI is InChI=1S/C13H26N2O3/c1-15(6-8-18-9-7-16)13(17)10-11-4-2-3-5-12(11)14/h11-12,16H,2-10,14H2,1H3. The van der Waals surface area contributed by atoms with Crippen molar-refractivity contribution < 1.29 is 14.6 Å². The summed E-state index contributed by atoms with van der Waals surface area (Å²) in [5.41, 5.74) is 6.04. The molecule has 1 amide bonds. The minimum absolute atomic E-state index is 0.0224. The fourth-order valence-corrected chi connectivity index (χ4v) is 2.36. The van der Waals surface area contributed by atoms with Gasteiger partial charge >= 0.3 is 0 Å². The highest BCUT2D eigenvalue weighted by atomic mass is 16.5. The number of nitrogens with zero attached hydrogens (tertiary/aromatic N) is 1. The Morgan fingerprint density at radius 3 is 2.78 bits per heavy atom. The van der Waals surface area contributed by atoms with E-state index in [9.17, 15) is 4.79 Å². The molecule has 3 N–H and O–H groups in total. The van der Waals surface area contributed by atoms with Gasteiger partial charge < -0.3 is 20.5 Å². The number of ether oxygens (including phenoxy) is 1. The van der Waals surface area contributed by atoms with Crippen LogP contribution in [0, 0.1) is 5.92 Å². The Labute approximate surface area is 109 Å². The number of hydrogen-bond acceptors (Lipinski definition) is 4. The summed E-state index contributed by atoms with van der Waals surface area (Å²) in [6, 6.07) is 0.182. The fraction of sp³-hybridized carbons (Fsp3) is 0.923. The molecular formula is C13H26N2O3. The maximum Gasteiger partial charge on any atom is 0.222 e. The number of rotatable bonds is 7. The van der Waals surface area contributed by atoms with Gasteiger partial charge in [0, 0.05) is 26.1 Å². The Hall–Kier alpha value is -0.650. The molecule has 0 saturated heterocycles. The number of carbonyl (C=O) groups excluding carboxylic acids is 1. The van der Waals surface area contributed by atoms with E-state index in [1.807, 2.05) is 0 Å². The van der Waals surface area contributed by atoms with E-state index in [1.54, 1.807) is 11.9 Å². The summed E-state index contributed by atoms with van der Waals surface area (Å²) in [4.78, 5) is 13.7. The van der Waals surface area contributed by atoms with Crippen molar-refractivity contribution >= 4 is 5.91 Å². The predicted octanol–water partition coefficient (Wildman–Crippen LogP) is 0.361. The molecule has 2 atom stereocenters. The van der Waals surface area contributed by atoms with Gasteiger partial charge in [0.15, 0.2) is 0 Å². The van der Waals surface area contributed by atoms with E-state index < -0.39 is 0 Å². The number of amides is 1. The van der Waals surface area contributed by atoms with Crippen molar-refractivity contribution in [3.05, 3.63) is 0 Å². The molecule has 0 aromatic carbocycles. The second-order valence-corrected chi connectivity index (χ2v) is 5.06. The highest BCUT2D eigenvalue weighted by Gasteiger charge is 2.25. The van der Waals surface area contributed by atoms with E-state index in [1.165, 1.54) is 12.8 Å². The van der Waals surface area contributed by atoms with E-state index in [0.717, 1.165) is 12.8 Å². The molecule has 0 heterocycles. The van der Waals surface area contributed by atoms with Crippen LogP contribution in [0.4, 0.5) is 0 Å². The average molecular weight is 258 g/mol. The lowest BCUT2D eigenvalue weighted by molar-refractivity contribution is -0.132. The SMILES string of the molecule is CN(CCOCCO)C(=O)CC1CCCCC1N. The zero-order chi connectivity index (χ0) is 13.4. The molecule has 0 aliphatic heterocycles. The van der Waals surface area contributed by atoms with Gasteiger partial charge in [0.2, 0.25) is 5.91 Å². The highest BCUT2D eigenvalue weighted by Crippen LogP contribution is 2.25. The van der Waals surface area contributed by atoms with Gasteiger partial charge in [0.1, 0.15) is 0 Å². The van der Waals surface area contributed by atoms with E-state index in [-0.39, 0.29) is 18.6 Å². The van der Waals surface area contributed by atoms with Crippen LogP contribution in [0.15, 0.2) is 0 Å². The zero-order valence-electron chi connectivity index (χ0n) is 11.3. The smallest absolute Gasteiger partial charge is 0.222 e. The average Bonchev–Trinajstić information content (AvgIpc) is 2.37. The summed E-state index contributed by atoms with van der Waals surface area (Å²) in [7, 11) is 1.79. The van der Waals surface area contributed by atoms with Crippen molar-refractivity contribution in [2.45, 2.75) is 38.1 Å². The number of nitrogens with two attached hydrogens (primary N) is 1. The monoisotopic (exact) mass is 258 g/mol. The quantitative estimate of drug-likeness (QED) is 0.647. The summed E-state index contributed by atoms with van der Waals surface area (Å²) in [5.74, 6) is 0.483. The molecule has 0 spiro atoms. The first-order valence-corrected chi connectivity index (χ1v) is 6.83. The molecule has 106 valence electrons. The minimum atomic E-state index is 0.0224. The highest BCUT2D eigenvalue weighted by molar-refractivity contribution is 5.76. The second kappa shape index (κ2) is 8.45. The van der Waals surface area contributed by atoms with Gasteiger partial charge in [0.05, 0.1) is 19.8 Å². The summed E-state index contributed by atoms with van der Waals surface area (Å²) >= 11 is 0. The van der Waals surface area contributed by atoms with Crippen LogP contribution < -0.4 is 5.73 Å². The molecule has 1 aliphatic rings. The van der Waals surface area contributed by atoms with Crippen LogP contribution in [0.5, 0.6) is 0 Å². The Kier molecular flexibility index (Phi) is 7.23. The predicted molar refractivity (Wildman–Crippen MR) is 70.1 cm³/mol. The number of aliphatic hydroxyl groups excluding tert-OH is 1. The summed E-state index contributed by atoms with van der Waals surface area (Å²) in [6.07, 6.45) is 5.05. The van der Waals surface area contributed by atoms with Gasteiger partial charge in [-0.2, -0.15) is 0 Å². The summed E-state index contributed by atoms with van der Waals surface area (Å²) < 4.78 is 5.15. The Balaban J connectivity index is 2.21. The lowest BCUT2D eigenvalue weighted by Crippen LogP contribution is -2.38. The molecule has 1 aliphatic carbocycles. The van der Waals surface area contributed by atoms with Crippen LogP contribution in [-0.2, 0) is 9.53 Å². The third-order valence-corrected chi connectivity index (χ3v) is 3.64. The van der Waals surface area contributed by atoms with Gasteiger partial charge in [-0.3, -0.25) is 4.79 Å². The van der Waals surface area contributed by atoms with E-state index in [2.05, 4.69) is 0 Å². The molecule has 0 aromatic heterocycles. The van der Waals surface area contributed by atoms with Crippen LogP contribution in [0.3, 0.4) is 0 Å². The normalized spacial score (nSPS) is 23.9. The Bertz CT molecular complexity index is 248. The van der Waals surface area contributed by atoms with Crippen molar-refractivity contribution in [2.75, 3.05) is 33.4 Å². The van der Waals surface area contributed by atoms with Gasteiger partial charge in [-0.25, -0.2) is 0 Å². The van der Waals surface area contributed by atoms with Gasteiger partial charge in [-0.05, 0) is 18.8 Å². The Morgan fingerprint density at radius 2 is 2.11 bits per heavy atom. The first-order valence-electron chi connectivity index (χ1n) is 6.83. The van der Waals surface area contributed by atoms with Crippen molar-refractivity contribution in [3.8, 4) is 0 Å². The lowest BCUT2D eigenvalue weighted by atomic mass is 9.83. The van der Waals surface area contributed by atoms with E-state index in [0.29, 0.717) is 32.1 Å². The minimum Gasteiger partial charge on any atom is -0.394 e. The third kappa shape index (κ3) is 5.33. The van der Waals surface area contributed by atoms with Crippen molar-refractivity contribution in [1.82, 2.24) is 4.90 Å². The zero-order valence-corrected chi connectivity index (χ0v) is 11.3.